The summed E-state index contributed by atoms with van der Waals surface area (Å²) in [6.07, 6.45) is 7.71. The van der Waals surface area contributed by atoms with E-state index in [1.54, 1.807) is 36.7 Å². The van der Waals surface area contributed by atoms with E-state index in [9.17, 15) is 15.3 Å². The smallest absolute Gasteiger partial charge is 0.411 e. The van der Waals surface area contributed by atoms with Crippen molar-refractivity contribution in [3.05, 3.63) is 66.0 Å². The first-order valence-electron chi connectivity index (χ1n) is 13.1. The van der Waals surface area contributed by atoms with Crippen LogP contribution in [0, 0.1) is 28.6 Å². The van der Waals surface area contributed by atoms with Crippen molar-refractivity contribution >= 4 is 22.7 Å². The summed E-state index contributed by atoms with van der Waals surface area (Å²) in [5, 5.41) is 23.7. The molecule has 1 N–H and O–H groups in total. The number of nitriles is 2. The number of benzene rings is 2. The van der Waals surface area contributed by atoms with Crippen molar-refractivity contribution in [1.29, 1.82) is 10.5 Å². The first-order chi connectivity index (χ1) is 19.1. The van der Waals surface area contributed by atoms with Gasteiger partial charge in [-0.1, -0.05) is 6.07 Å². The monoisotopic (exact) mass is 518 g/mol. The average Bonchev–Trinajstić information content (AvgIpc) is 3.72. The number of nitrogens with one attached hydrogen (secondary N) is 1. The van der Waals surface area contributed by atoms with E-state index in [-0.39, 0.29) is 18.2 Å². The molecule has 0 spiro atoms. The molecule has 2 heterocycles. The van der Waals surface area contributed by atoms with Crippen molar-refractivity contribution < 1.29 is 14.3 Å². The van der Waals surface area contributed by atoms with Crippen LogP contribution in [0.2, 0.25) is 0 Å². The molecule has 2 saturated carbocycles. The number of ether oxygens (including phenoxy) is 2. The number of amides is 1. The van der Waals surface area contributed by atoms with E-state index in [0.29, 0.717) is 28.5 Å². The fraction of sp³-hybridized carbons (Fsp3) is 0.300. The number of hydrogen-bond acceptors (Lipinski definition) is 7. The van der Waals surface area contributed by atoms with Crippen molar-refractivity contribution in [2.45, 2.75) is 51.2 Å². The maximum atomic E-state index is 12.4. The highest BCUT2D eigenvalue weighted by Crippen LogP contribution is 2.44. The normalized spacial score (nSPS) is 15.6. The lowest BCUT2D eigenvalue weighted by molar-refractivity contribution is 0.108. The van der Waals surface area contributed by atoms with Gasteiger partial charge in [0.05, 0.1) is 28.0 Å². The SMILES string of the molecule is C[C@@H](OC(=O)Nc1ccc(-c2c(C#N)c3ccc(Oc4ncccn4)cc3n2C2CCC2)cc1C#N)C1CC1. The van der Waals surface area contributed by atoms with Gasteiger partial charge in [0.1, 0.15) is 24.0 Å². The zero-order chi connectivity index (χ0) is 26.9. The van der Waals surface area contributed by atoms with Crippen LogP contribution >= 0.6 is 0 Å². The molecule has 6 rings (SSSR count). The Morgan fingerprint density at radius 1 is 1.08 bits per heavy atom. The lowest BCUT2D eigenvalue weighted by Gasteiger charge is -2.30. The molecule has 9 heteroatoms. The fourth-order valence-corrected chi connectivity index (χ4v) is 5.08. The topological polar surface area (TPSA) is 126 Å². The lowest BCUT2D eigenvalue weighted by atomic mass is 9.92. The molecule has 4 aromatic rings. The van der Waals surface area contributed by atoms with Gasteiger partial charge in [0, 0.05) is 35.5 Å². The van der Waals surface area contributed by atoms with E-state index in [0.717, 1.165) is 54.3 Å². The number of anilines is 1. The molecule has 2 fully saturated rings. The highest BCUT2D eigenvalue weighted by molar-refractivity contribution is 5.96. The Bertz CT molecular complexity index is 1640. The van der Waals surface area contributed by atoms with Gasteiger partial charge >= 0.3 is 12.1 Å². The number of carbonyl (C=O) groups excluding carboxylic acids is 1. The summed E-state index contributed by atoms with van der Waals surface area (Å²) in [6, 6.07) is 17.6. The van der Waals surface area contributed by atoms with Gasteiger partial charge in [0.15, 0.2) is 0 Å². The Balaban J connectivity index is 1.39. The summed E-state index contributed by atoms with van der Waals surface area (Å²) < 4.78 is 13.5. The van der Waals surface area contributed by atoms with E-state index >= 15 is 0 Å². The summed E-state index contributed by atoms with van der Waals surface area (Å²) in [4.78, 5) is 20.7. The Kier molecular flexibility index (Phi) is 6.34. The predicted molar refractivity (Wildman–Crippen MR) is 144 cm³/mol. The Hall–Kier alpha value is -4.89. The van der Waals surface area contributed by atoms with Crippen molar-refractivity contribution in [2.24, 2.45) is 5.92 Å². The molecule has 0 unspecified atom stereocenters. The Morgan fingerprint density at radius 2 is 1.87 bits per heavy atom. The fourth-order valence-electron chi connectivity index (χ4n) is 5.08. The van der Waals surface area contributed by atoms with E-state index in [4.69, 9.17) is 9.47 Å². The van der Waals surface area contributed by atoms with Gasteiger partial charge in [-0.15, -0.1) is 0 Å². The van der Waals surface area contributed by atoms with Crippen LogP contribution in [0.1, 0.15) is 56.2 Å². The van der Waals surface area contributed by atoms with Gasteiger partial charge in [-0.05, 0) is 75.3 Å². The van der Waals surface area contributed by atoms with Crippen molar-refractivity contribution in [1.82, 2.24) is 14.5 Å². The summed E-state index contributed by atoms with van der Waals surface area (Å²) in [5.41, 5.74) is 3.55. The molecule has 0 aliphatic heterocycles. The first kappa shape index (κ1) is 24.4. The summed E-state index contributed by atoms with van der Waals surface area (Å²) in [5.74, 6) is 0.983. The minimum absolute atomic E-state index is 0.159. The minimum atomic E-state index is -0.574. The summed E-state index contributed by atoms with van der Waals surface area (Å²) in [7, 11) is 0. The van der Waals surface area contributed by atoms with Crippen LogP contribution in [0.15, 0.2) is 54.9 Å². The molecule has 0 radical (unpaired) electrons. The van der Waals surface area contributed by atoms with Crippen LogP contribution in [0.3, 0.4) is 0 Å². The van der Waals surface area contributed by atoms with Crippen LogP contribution in [0.5, 0.6) is 11.8 Å². The maximum absolute atomic E-state index is 12.4. The lowest BCUT2D eigenvalue weighted by Crippen LogP contribution is -2.22. The number of rotatable bonds is 7. The second kappa shape index (κ2) is 10.1. The van der Waals surface area contributed by atoms with Crippen LogP contribution in [-0.2, 0) is 4.74 Å². The van der Waals surface area contributed by atoms with Crippen LogP contribution in [0.4, 0.5) is 10.5 Å². The zero-order valence-electron chi connectivity index (χ0n) is 21.4. The summed E-state index contributed by atoms with van der Waals surface area (Å²) >= 11 is 0. The predicted octanol–water partition coefficient (Wildman–Crippen LogP) is 6.71. The maximum Gasteiger partial charge on any atom is 0.411 e. The highest BCUT2D eigenvalue weighted by atomic mass is 16.6. The standard InChI is InChI=1S/C30H26N6O3/c1-18(19-6-7-19)38-30(37)35-26-11-8-20(14-21(26)16-31)28-25(17-32)24-10-9-23(39-29-33-12-3-13-34-29)15-27(24)36(28)22-4-2-5-22/h3,8-15,18-19,22H,2,4-7H2,1H3,(H,35,37)/t18-/m1/s1. The number of nitrogens with zero attached hydrogens (tertiary/aromatic N) is 5. The third-order valence-corrected chi connectivity index (χ3v) is 7.51. The molecule has 1 amide bonds. The van der Waals surface area contributed by atoms with Gasteiger partial charge in [-0.25, -0.2) is 14.8 Å². The molecule has 2 aromatic carbocycles. The molecule has 0 bridgehead atoms. The quantitative estimate of drug-likeness (QED) is 0.288. The number of fused-ring (bicyclic) bond motifs is 1. The molecule has 194 valence electrons. The van der Waals surface area contributed by atoms with Crippen molar-refractivity contribution in [3.8, 4) is 35.2 Å². The molecule has 0 saturated heterocycles. The minimum Gasteiger partial charge on any atom is -0.446 e. The van der Waals surface area contributed by atoms with Crippen LogP contribution in [0.25, 0.3) is 22.2 Å². The number of hydrogen-bond donors (Lipinski definition) is 1. The van der Waals surface area contributed by atoms with Crippen molar-refractivity contribution in [2.75, 3.05) is 5.32 Å². The largest absolute Gasteiger partial charge is 0.446 e. The molecule has 2 aliphatic carbocycles. The molecule has 39 heavy (non-hydrogen) atoms. The first-order valence-corrected chi connectivity index (χ1v) is 13.1. The van der Waals surface area contributed by atoms with E-state index < -0.39 is 6.09 Å². The van der Waals surface area contributed by atoms with Gasteiger partial charge in [0.2, 0.25) is 0 Å². The van der Waals surface area contributed by atoms with E-state index in [2.05, 4.69) is 32.0 Å². The second-order valence-electron chi connectivity index (χ2n) is 10.0. The Morgan fingerprint density at radius 3 is 2.54 bits per heavy atom. The molecular formula is C30H26N6O3. The molecular weight excluding hydrogens is 492 g/mol. The number of aromatic nitrogens is 3. The van der Waals surface area contributed by atoms with Crippen LogP contribution < -0.4 is 10.1 Å². The van der Waals surface area contributed by atoms with Gasteiger partial charge in [0.25, 0.3) is 0 Å². The van der Waals surface area contributed by atoms with Gasteiger partial charge in [-0.2, -0.15) is 10.5 Å². The zero-order valence-corrected chi connectivity index (χ0v) is 21.4. The number of carbonyl (C=O) groups is 1. The van der Waals surface area contributed by atoms with Crippen LogP contribution in [-0.4, -0.2) is 26.7 Å². The third kappa shape index (κ3) is 4.75. The molecule has 2 aliphatic rings. The third-order valence-electron chi connectivity index (χ3n) is 7.51. The second-order valence-corrected chi connectivity index (χ2v) is 10.0. The summed E-state index contributed by atoms with van der Waals surface area (Å²) in [6.45, 7) is 1.89. The molecule has 2 aromatic heterocycles. The van der Waals surface area contributed by atoms with E-state index in [1.807, 2.05) is 25.1 Å². The van der Waals surface area contributed by atoms with Gasteiger partial charge in [-0.3, -0.25) is 5.32 Å². The van der Waals surface area contributed by atoms with Gasteiger partial charge < -0.3 is 14.0 Å². The Labute approximate surface area is 225 Å². The molecule has 9 nitrogen and oxygen atoms in total. The van der Waals surface area contributed by atoms with Crippen molar-refractivity contribution in [3.63, 3.8) is 0 Å². The highest BCUT2D eigenvalue weighted by Gasteiger charge is 2.31. The molecule has 1 atom stereocenters. The van der Waals surface area contributed by atoms with E-state index in [1.165, 1.54) is 0 Å². The average molecular weight is 519 g/mol.